The number of carbonyl (C=O) groups excluding carboxylic acids is 1. The number of hydrogen-bond donors (Lipinski definition) is 1. The van der Waals surface area contributed by atoms with Crippen LogP contribution in [0.4, 0.5) is 10.2 Å². The van der Waals surface area contributed by atoms with E-state index in [1.807, 2.05) is 30.3 Å². The van der Waals surface area contributed by atoms with Gasteiger partial charge in [-0.25, -0.2) is 21.8 Å². The number of carbonyl (C=O) groups is 1. The molecule has 30 heavy (non-hydrogen) atoms. The summed E-state index contributed by atoms with van der Waals surface area (Å²) in [7, 11) is -1.41. The molecule has 1 amide bonds. The smallest absolute Gasteiger partial charge is 0.256 e. The standard InChI is InChI=1S/C21H21FN4O3S/c1-25(2)30(28,29)19-13-14(11-12-17(19)22)21(27)23-20-16-9-6-10-18(16)24-26(20)15-7-4-3-5-8-15/h3-5,7-8,11-13H,6,9-10H2,1-2H3,(H,23,27). The zero-order chi connectivity index (χ0) is 21.5. The highest BCUT2D eigenvalue weighted by Gasteiger charge is 2.26. The summed E-state index contributed by atoms with van der Waals surface area (Å²) in [4.78, 5) is 12.4. The van der Waals surface area contributed by atoms with Crippen LogP contribution in [0.3, 0.4) is 0 Å². The first kappa shape index (κ1) is 20.2. The fourth-order valence-corrected chi connectivity index (χ4v) is 4.48. The van der Waals surface area contributed by atoms with Crippen LogP contribution in [0.2, 0.25) is 0 Å². The molecule has 0 fully saturated rings. The largest absolute Gasteiger partial charge is 0.306 e. The molecule has 1 aliphatic rings. The molecule has 0 saturated carbocycles. The number of rotatable bonds is 5. The zero-order valence-electron chi connectivity index (χ0n) is 16.6. The number of anilines is 1. The molecule has 0 bridgehead atoms. The predicted octanol–water partition coefficient (Wildman–Crippen LogP) is 3.00. The van der Waals surface area contributed by atoms with Gasteiger partial charge in [0.25, 0.3) is 5.91 Å². The molecule has 0 saturated heterocycles. The van der Waals surface area contributed by atoms with Gasteiger partial charge in [0, 0.05) is 25.2 Å². The maximum absolute atomic E-state index is 14.2. The summed E-state index contributed by atoms with van der Waals surface area (Å²) in [6.07, 6.45) is 2.58. The summed E-state index contributed by atoms with van der Waals surface area (Å²) in [5.41, 5.74) is 2.75. The summed E-state index contributed by atoms with van der Waals surface area (Å²) in [5, 5.41) is 7.50. The number of aryl methyl sites for hydroxylation is 1. The minimum absolute atomic E-state index is 0.0457. The van der Waals surface area contributed by atoms with E-state index in [0.29, 0.717) is 5.82 Å². The Labute approximate surface area is 174 Å². The normalized spacial score (nSPS) is 13.5. The van der Waals surface area contributed by atoms with Crippen LogP contribution in [0.15, 0.2) is 53.4 Å². The third-order valence-electron chi connectivity index (χ3n) is 5.09. The lowest BCUT2D eigenvalue weighted by atomic mass is 10.2. The Morgan fingerprint density at radius 2 is 1.87 bits per heavy atom. The van der Waals surface area contributed by atoms with Gasteiger partial charge in [-0.2, -0.15) is 5.10 Å². The van der Waals surface area contributed by atoms with Gasteiger partial charge in [0.05, 0.1) is 11.4 Å². The van der Waals surface area contributed by atoms with Crippen LogP contribution in [-0.4, -0.2) is 42.5 Å². The number of nitrogens with one attached hydrogen (secondary N) is 1. The van der Waals surface area contributed by atoms with Crippen molar-refractivity contribution in [2.24, 2.45) is 0 Å². The maximum atomic E-state index is 14.2. The molecule has 3 aromatic rings. The number of amides is 1. The van der Waals surface area contributed by atoms with E-state index in [2.05, 4.69) is 10.4 Å². The van der Waals surface area contributed by atoms with E-state index in [9.17, 15) is 17.6 Å². The Kier molecular flexibility index (Phi) is 5.17. The van der Waals surface area contributed by atoms with Crippen molar-refractivity contribution in [1.29, 1.82) is 0 Å². The fourth-order valence-electron chi connectivity index (χ4n) is 3.49. The Bertz CT molecular complexity index is 1220. The highest BCUT2D eigenvalue weighted by molar-refractivity contribution is 7.89. The van der Waals surface area contributed by atoms with E-state index in [1.165, 1.54) is 20.2 Å². The minimum atomic E-state index is -4.03. The molecule has 0 unspecified atom stereocenters. The van der Waals surface area contributed by atoms with Gasteiger partial charge < -0.3 is 5.32 Å². The summed E-state index contributed by atoms with van der Waals surface area (Å²) in [6, 6.07) is 12.7. The van der Waals surface area contributed by atoms with Crippen molar-refractivity contribution in [3.8, 4) is 5.69 Å². The maximum Gasteiger partial charge on any atom is 0.256 e. The van der Waals surface area contributed by atoms with Crippen LogP contribution in [0.25, 0.3) is 5.69 Å². The monoisotopic (exact) mass is 428 g/mol. The summed E-state index contributed by atoms with van der Waals surface area (Å²) in [6.45, 7) is 0. The zero-order valence-corrected chi connectivity index (χ0v) is 17.4. The van der Waals surface area contributed by atoms with E-state index in [-0.39, 0.29) is 5.56 Å². The fraction of sp³-hybridized carbons (Fsp3) is 0.238. The Hall–Kier alpha value is -3.04. The molecular weight excluding hydrogens is 407 g/mol. The molecule has 0 radical (unpaired) electrons. The van der Waals surface area contributed by atoms with E-state index >= 15 is 0 Å². The Balaban J connectivity index is 1.72. The lowest BCUT2D eigenvalue weighted by Gasteiger charge is -2.14. The summed E-state index contributed by atoms with van der Waals surface area (Å²) >= 11 is 0. The number of nitrogens with zero attached hydrogens (tertiary/aromatic N) is 3. The molecule has 156 valence electrons. The molecule has 1 N–H and O–H groups in total. The highest BCUT2D eigenvalue weighted by atomic mass is 32.2. The van der Waals surface area contributed by atoms with Crippen LogP contribution >= 0.6 is 0 Å². The molecule has 7 nitrogen and oxygen atoms in total. The van der Waals surface area contributed by atoms with Gasteiger partial charge >= 0.3 is 0 Å². The van der Waals surface area contributed by atoms with Gasteiger partial charge in [0.2, 0.25) is 10.0 Å². The van der Waals surface area contributed by atoms with Gasteiger partial charge in [-0.15, -0.1) is 0 Å². The Morgan fingerprint density at radius 3 is 2.57 bits per heavy atom. The van der Waals surface area contributed by atoms with Gasteiger partial charge in [0.15, 0.2) is 0 Å². The van der Waals surface area contributed by atoms with Gasteiger partial charge in [-0.1, -0.05) is 18.2 Å². The third kappa shape index (κ3) is 3.50. The topological polar surface area (TPSA) is 84.3 Å². The summed E-state index contributed by atoms with van der Waals surface area (Å²) in [5.74, 6) is -0.882. The minimum Gasteiger partial charge on any atom is -0.306 e. The van der Waals surface area contributed by atoms with Gasteiger partial charge in [0.1, 0.15) is 16.5 Å². The van der Waals surface area contributed by atoms with Crippen LogP contribution in [-0.2, 0) is 22.9 Å². The first-order valence-corrected chi connectivity index (χ1v) is 10.9. The van der Waals surface area contributed by atoms with Crippen molar-refractivity contribution in [3.63, 3.8) is 0 Å². The lowest BCUT2D eigenvalue weighted by molar-refractivity contribution is 0.102. The van der Waals surface area contributed by atoms with E-state index in [1.54, 1.807) is 4.68 Å². The SMILES string of the molecule is CN(C)S(=O)(=O)c1cc(C(=O)Nc2c3c(nn2-c2ccccc2)CCC3)ccc1F. The molecule has 1 aromatic heterocycles. The molecule has 0 spiro atoms. The summed E-state index contributed by atoms with van der Waals surface area (Å²) < 4.78 is 41.5. The van der Waals surface area contributed by atoms with E-state index < -0.39 is 26.6 Å². The Morgan fingerprint density at radius 1 is 1.13 bits per heavy atom. The van der Waals surface area contributed by atoms with Crippen LogP contribution in [0.1, 0.15) is 28.0 Å². The van der Waals surface area contributed by atoms with Gasteiger partial charge in [-0.3, -0.25) is 4.79 Å². The molecule has 2 aromatic carbocycles. The molecule has 0 atom stereocenters. The molecular formula is C21H21FN4O3S. The average molecular weight is 428 g/mol. The second kappa shape index (κ2) is 7.66. The van der Waals surface area contributed by atoms with Crippen molar-refractivity contribution in [3.05, 3.63) is 71.2 Å². The van der Waals surface area contributed by atoms with Gasteiger partial charge in [-0.05, 0) is 49.6 Å². The van der Waals surface area contributed by atoms with Crippen molar-refractivity contribution in [2.75, 3.05) is 19.4 Å². The first-order valence-electron chi connectivity index (χ1n) is 9.48. The molecule has 4 rings (SSSR count). The van der Waals surface area contributed by atoms with Crippen molar-refractivity contribution >= 4 is 21.7 Å². The molecule has 9 heteroatoms. The highest BCUT2D eigenvalue weighted by Crippen LogP contribution is 2.31. The number of halogens is 1. The van der Waals surface area contributed by atoms with Crippen molar-refractivity contribution in [2.45, 2.75) is 24.2 Å². The predicted molar refractivity (Wildman–Crippen MR) is 111 cm³/mol. The third-order valence-corrected chi connectivity index (χ3v) is 6.92. The molecule has 0 aliphatic heterocycles. The number of aromatic nitrogens is 2. The number of sulfonamides is 1. The number of fused-ring (bicyclic) bond motifs is 1. The number of para-hydroxylation sites is 1. The second-order valence-corrected chi connectivity index (χ2v) is 9.38. The molecule has 1 heterocycles. The number of benzene rings is 2. The average Bonchev–Trinajstić information content (AvgIpc) is 3.31. The molecule has 1 aliphatic carbocycles. The second-order valence-electron chi connectivity index (χ2n) is 7.26. The van der Waals surface area contributed by atoms with Crippen LogP contribution < -0.4 is 5.32 Å². The van der Waals surface area contributed by atoms with Crippen molar-refractivity contribution < 1.29 is 17.6 Å². The van der Waals surface area contributed by atoms with E-state index in [4.69, 9.17) is 0 Å². The first-order chi connectivity index (χ1) is 14.3. The lowest BCUT2D eigenvalue weighted by Crippen LogP contribution is -2.24. The van der Waals surface area contributed by atoms with Crippen LogP contribution in [0.5, 0.6) is 0 Å². The van der Waals surface area contributed by atoms with E-state index in [0.717, 1.165) is 52.6 Å². The quantitative estimate of drug-likeness (QED) is 0.677. The number of hydrogen-bond acceptors (Lipinski definition) is 4. The van der Waals surface area contributed by atoms with Crippen molar-refractivity contribution in [1.82, 2.24) is 14.1 Å². The van der Waals surface area contributed by atoms with Crippen LogP contribution in [0, 0.1) is 5.82 Å².